The number of ether oxygens (including phenoxy) is 1. The Bertz CT molecular complexity index is 324. The molecule has 0 bridgehead atoms. The molecule has 0 saturated heterocycles. The molecule has 0 saturated carbocycles. The maximum Gasteiger partial charge on any atom is 0.245 e. The van der Waals surface area contributed by atoms with Crippen LogP contribution in [-0.2, 0) is 4.74 Å². The number of nitrogens with one attached hydrogen (secondary N) is 1. The van der Waals surface area contributed by atoms with Crippen LogP contribution in [0.4, 0.5) is 5.82 Å². The molecule has 15 heavy (non-hydrogen) atoms. The van der Waals surface area contributed by atoms with Crippen molar-refractivity contribution in [1.82, 2.24) is 15.2 Å². The maximum atomic E-state index is 5.76. The fourth-order valence-electron chi connectivity index (χ4n) is 0.990. The molecule has 0 aliphatic heterocycles. The summed E-state index contributed by atoms with van der Waals surface area (Å²) in [5.41, 5.74) is 0. The predicted octanol–water partition coefficient (Wildman–Crippen LogP) is 2.02. The van der Waals surface area contributed by atoms with Crippen LogP contribution >= 0.6 is 23.2 Å². The second-order valence-corrected chi connectivity index (χ2v) is 3.56. The van der Waals surface area contributed by atoms with Crippen LogP contribution < -0.4 is 5.32 Å². The van der Waals surface area contributed by atoms with Gasteiger partial charge in [-0.15, -0.1) is 10.2 Å². The lowest BCUT2D eigenvalue weighted by Gasteiger charge is -2.12. The Morgan fingerprint density at radius 3 is 2.80 bits per heavy atom. The fraction of sp³-hybridized carbons (Fsp3) is 0.625. The van der Waals surface area contributed by atoms with Gasteiger partial charge in [0.05, 0.1) is 6.10 Å². The van der Waals surface area contributed by atoms with Gasteiger partial charge in [-0.3, -0.25) is 0 Å². The first-order valence-electron chi connectivity index (χ1n) is 4.54. The van der Waals surface area contributed by atoms with Crippen LogP contribution in [0.5, 0.6) is 0 Å². The van der Waals surface area contributed by atoms with Gasteiger partial charge in [0.1, 0.15) is 0 Å². The molecule has 1 N–H and O–H groups in total. The number of hydrogen-bond acceptors (Lipinski definition) is 5. The number of rotatable bonds is 5. The van der Waals surface area contributed by atoms with E-state index in [4.69, 9.17) is 27.9 Å². The fourth-order valence-corrected chi connectivity index (χ4v) is 1.26. The number of halogens is 2. The van der Waals surface area contributed by atoms with Crippen LogP contribution in [0.1, 0.15) is 13.8 Å². The van der Waals surface area contributed by atoms with Crippen molar-refractivity contribution in [2.45, 2.75) is 20.0 Å². The minimum absolute atomic E-state index is 0.0611. The first kappa shape index (κ1) is 12.4. The molecular formula is C8H12Cl2N4O. The number of anilines is 1. The highest BCUT2D eigenvalue weighted by atomic mass is 35.5. The van der Waals surface area contributed by atoms with E-state index in [1.54, 1.807) is 0 Å². The molecule has 5 nitrogen and oxygen atoms in total. The molecule has 1 atom stereocenters. The summed E-state index contributed by atoms with van der Waals surface area (Å²) in [6.45, 7) is 5.13. The molecule has 1 unspecified atom stereocenters. The lowest BCUT2D eigenvalue weighted by Crippen LogP contribution is -2.20. The summed E-state index contributed by atoms with van der Waals surface area (Å²) in [6.07, 6.45) is 0.0693. The minimum atomic E-state index is 0.0611. The van der Waals surface area contributed by atoms with Crippen LogP contribution in [-0.4, -0.2) is 34.4 Å². The first-order valence-corrected chi connectivity index (χ1v) is 5.30. The minimum Gasteiger partial charge on any atom is -0.377 e. The molecule has 0 aromatic carbocycles. The molecule has 0 fully saturated rings. The molecule has 0 spiro atoms. The normalized spacial score (nSPS) is 12.5. The summed E-state index contributed by atoms with van der Waals surface area (Å²) in [5.74, 6) is 0.420. The largest absolute Gasteiger partial charge is 0.377 e. The van der Waals surface area contributed by atoms with Gasteiger partial charge < -0.3 is 10.1 Å². The summed E-state index contributed by atoms with van der Waals surface area (Å²) in [5, 5.41) is 10.4. The SMILES string of the molecule is CCOC(C)CNc1nc(Cl)nnc1Cl. The Morgan fingerprint density at radius 2 is 2.13 bits per heavy atom. The molecule has 0 radical (unpaired) electrons. The zero-order chi connectivity index (χ0) is 11.3. The van der Waals surface area contributed by atoms with E-state index >= 15 is 0 Å². The molecular weight excluding hydrogens is 239 g/mol. The van der Waals surface area contributed by atoms with Gasteiger partial charge in [-0.2, -0.15) is 4.98 Å². The van der Waals surface area contributed by atoms with Gasteiger partial charge in [0, 0.05) is 13.2 Å². The molecule has 84 valence electrons. The van der Waals surface area contributed by atoms with E-state index in [0.29, 0.717) is 19.0 Å². The van der Waals surface area contributed by atoms with Crippen LogP contribution in [0.25, 0.3) is 0 Å². The average molecular weight is 251 g/mol. The van der Waals surface area contributed by atoms with Crippen molar-refractivity contribution >= 4 is 29.0 Å². The third kappa shape index (κ3) is 4.15. The van der Waals surface area contributed by atoms with Gasteiger partial charge in [-0.25, -0.2) is 0 Å². The molecule has 1 aromatic heterocycles. The summed E-state index contributed by atoms with van der Waals surface area (Å²) >= 11 is 11.3. The van der Waals surface area contributed by atoms with Crippen molar-refractivity contribution in [3.8, 4) is 0 Å². The van der Waals surface area contributed by atoms with E-state index in [9.17, 15) is 0 Å². The van der Waals surface area contributed by atoms with E-state index in [2.05, 4.69) is 20.5 Å². The Balaban J connectivity index is 2.53. The van der Waals surface area contributed by atoms with Crippen molar-refractivity contribution < 1.29 is 4.74 Å². The van der Waals surface area contributed by atoms with Gasteiger partial charge >= 0.3 is 0 Å². The molecule has 0 aliphatic carbocycles. The predicted molar refractivity (Wildman–Crippen MR) is 59.4 cm³/mol. The third-order valence-corrected chi connectivity index (χ3v) is 2.04. The smallest absolute Gasteiger partial charge is 0.245 e. The lowest BCUT2D eigenvalue weighted by molar-refractivity contribution is 0.0855. The highest BCUT2D eigenvalue weighted by Crippen LogP contribution is 2.16. The summed E-state index contributed by atoms with van der Waals surface area (Å²) < 4.78 is 5.33. The van der Waals surface area contributed by atoms with E-state index in [1.165, 1.54) is 0 Å². The maximum absolute atomic E-state index is 5.76. The van der Waals surface area contributed by atoms with Gasteiger partial charge in [0.25, 0.3) is 0 Å². The Hall–Kier alpha value is -0.650. The van der Waals surface area contributed by atoms with E-state index in [1.807, 2.05) is 13.8 Å². The first-order chi connectivity index (χ1) is 7.13. The summed E-state index contributed by atoms with van der Waals surface area (Å²) in [6, 6.07) is 0. The van der Waals surface area contributed by atoms with Crippen molar-refractivity contribution in [2.24, 2.45) is 0 Å². The van der Waals surface area contributed by atoms with Crippen molar-refractivity contribution in [3.63, 3.8) is 0 Å². The molecule has 7 heteroatoms. The Kier molecular flexibility index (Phi) is 5.01. The zero-order valence-corrected chi connectivity index (χ0v) is 10.0. The standard InChI is InChI=1S/C8H12Cl2N4O/c1-3-15-5(2)4-11-7-6(9)13-14-8(10)12-7/h5H,3-4H2,1-2H3,(H,11,12,14). The van der Waals surface area contributed by atoms with Crippen molar-refractivity contribution in [3.05, 3.63) is 10.4 Å². The highest BCUT2D eigenvalue weighted by molar-refractivity contribution is 6.32. The van der Waals surface area contributed by atoms with Gasteiger partial charge in [0.15, 0.2) is 11.0 Å². The zero-order valence-electron chi connectivity index (χ0n) is 8.50. The van der Waals surface area contributed by atoms with Gasteiger partial charge in [0.2, 0.25) is 5.28 Å². The Morgan fingerprint density at radius 1 is 1.40 bits per heavy atom. The highest BCUT2D eigenvalue weighted by Gasteiger charge is 2.07. The second kappa shape index (κ2) is 6.05. The molecule has 1 rings (SSSR count). The second-order valence-electron chi connectivity index (χ2n) is 2.87. The van der Waals surface area contributed by atoms with Crippen LogP contribution in [0.3, 0.4) is 0 Å². The van der Waals surface area contributed by atoms with Crippen molar-refractivity contribution in [2.75, 3.05) is 18.5 Å². The Labute approximate surface area is 98.2 Å². The van der Waals surface area contributed by atoms with Crippen LogP contribution in [0.15, 0.2) is 0 Å². The van der Waals surface area contributed by atoms with E-state index in [0.717, 1.165) is 0 Å². The number of hydrogen-bond donors (Lipinski definition) is 1. The van der Waals surface area contributed by atoms with Gasteiger partial charge in [-0.1, -0.05) is 11.6 Å². The number of nitrogens with zero attached hydrogens (tertiary/aromatic N) is 3. The summed E-state index contributed by atoms with van der Waals surface area (Å²) in [4.78, 5) is 3.90. The van der Waals surface area contributed by atoms with Crippen LogP contribution in [0, 0.1) is 0 Å². The monoisotopic (exact) mass is 250 g/mol. The third-order valence-electron chi connectivity index (χ3n) is 1.63. The van der Waals surface area contributed by atoms with Gasteiger partial charge in [-0.05, 0) is 25.4 Å². The molecule has 0 amide bonds. The molecule has 0 aliphatic rings. The summed E-state index contributed by atoms with van der Waals surface area (Å²) in [7, 11) is 0. The van der Waals surface area contributed by atoms with E-state index in [-0.39, 0.29) is 16.5 Å². The van der Waals surface area contributed by atoms with E-state index < -0.39 is 0 Å². The molecule has 1 heterocycles. The van der Waals surface area contributed by atoms with Crippen molar-refractivity contribution in [1.29, 1.82) is 0 Å². The quantitative estimate of drug-likeness (QED) is 0.867. The lowest BCUT2D eigenvalue weighted by atomic mass is 10.4. The average Bonchev–Trinajstić information content (AvgIpc) is 2.20. The van der Waals surface area contributed by atoms with Crippen LogP contribution in [0.2, 0.25) is 10.4 Å². The molecule has 1 aromatic rings. The topological polar surface area (TPSA) is 59.9 Å². The number of aromatic nitrogens is 3.